The summed E-state index contributed by atoms with van der Waals surface area (Å²) in [6.07, 6.45) is 0.469. The number of amidine groups is 1. The Morgan fingerprint density at radius 1 is 1.45 bits per heavy atom. The van der Waals surface area contributed by atoms with Gasteiger partial charge in [0.25, 0.3) is 0 Å². The van der Waals surface area contributed by atoms with Gasteiger partial charge in [0.2, 0.25) is 0 Å². The molecule has 0 saturated heterocycles. The third kappa shape index (κ3) is 3.40. The van der Waals surface area contributed by atoms with Crippen LogP contribution in [-0.2, 0) is 4.74 Å². The van der Waals surface area contributed by atoms with Gasteiger partial charge in [-0.2, -0.15) is 0 Å². The number of rotatable bonds is 2. The third-order valence-electron chi connectivity index (χ3n) is 2.58. The van der Waals surface area contributed by atoms with Gasteiger partial charge in [-0.25, -0.2) is 9.69 Å². The maximum atomic E-state index is 12.2. The number of para-hydroxylation sites is 1. The van der Waals surface area contributed by atoms with E-state index in [2.05, 4.69) is 4.99 Å². The van der Waals surface area contributed by atoms with Crippen molar-refractivity contribution in [3.63, 3.8) is 0 Å². The van der Waals surface area contributed by atoms with E-state index >= 15 is 0 Å². The molecule has 20 heavy (non-hydrogen) atoms. The minimum Gasteiger partial charge on any atom is -0.449 e. The van der Waals surface area contributed by atoms with Crippen molar-refractivity contribution in [3.8, 4) is 0 Å². The van der Waals surface area contributed by atoms with Crippen LogP contribution in [0.1, 0.15) is 13.3 Å². The normalized spacial score (nSPS) is 14.7. The van der Waals surface area contributed by atoms with Crippen LogP contribution in [-0.4, -0.2) is 30.2 Å². The van der Waals surface area contributed by atoms with Gasteiger partial charge in [-0.1, -0.05) is 41.0 Å². The summed E-state index contributed by atoms with van der Waals surface area (Å²) in [5, 5.41) is 1.35. The van der Waals surface area contributed by atoms with E-state index < -0.39 is 6.09 Å². The van der Waals surface area contributed by atoms with E-state index in [1.807, 2.05) is 0 Å². The smallest absolute Gasteiger partial charge is 0.420 e. The molecule has 1 aliphatic heterocycles. The molecule has 108 valence electrons. The van der Waals surface area contributed by atoms with Gasteiger partial charge in [-0.3, -0.25) is 4.99 Å². The van der Waals surface area contributed by atoms with Crippen LogP contribution in [0.2, 0.25) is 10.0 Å². The number of halogens is 2. The van der Waals surface area contributed by atoms with Gasteiger partial charge in [0, 0.05) is 12.3 Å². The van der Waals surface area contributed by atoms with E-state index in [0.717, 1.165) is 12.2 Å². The van der Waals surface area contributed by atoms with Crippen LogP contribution in [0, 0.1) is 0 Å². The number of benzene rings is 1. The molecule has 0 fully saturated rings. The SMILES string of the molecule is CCOC(=O)N(C1=NCCCS1)c1c(Cl)cccc1Cl. The second-order valence-electron chi connectivity index (χ2n) is 3.97. The van der Waals surface area contributed by atoms with Gasteiger partial charge in [0.1, 0.15) is 0 Å². The lowest BCUT2D eigenvalue weighted by Gasteiger charge is -2.26. The number of carbonyl (C=O) groups is 1. The molecule has 0 aliphatic carbocycles. The Bertz CT molecular complexity index is 517. The molecule has 1 aromatic carbocycles. The molecule has 0 atom stereocenters. The number of aliphatic imine (C=N–C) groups is 1. The summed E-state index contributed by atoms with van der Waals surface area (Å²) in [6.45, 7) is 2.70. The molecule has 0 aromatic heterocycles. The number of thioether (sulfide) groups is 1. The molecule has 0 radical (unpaired) electrons. The quantitative estimate of drug-likeness (QED) is 0.803. The molecule has 0 spiro atoms. The maximum absolute atomic E-state index is 12.2. The topological polar surface area (TPSA) is 41.9 Å². The van der Waals surface area contributed by atoms with Gasteiger partial charge in [-0.15, -0.1) is 0 Å². The first-order chi connectivity index (χ1) is 9.65. The van der Waals surface area contributed by atoms with E-state index in [1.165, 1.54) is 16.7 Å². The lowest BCUT2D eigenvalue weighted by atomic mass is 10.3. The van der Waals surface area contributed by atoms with Gasteiger partial charge in [0.05, 0.1) is 22.3 Å². The number of amides is 1. The Hall–Kier alpha value is -0.910. The number of nitrogens with zero attached hydrogens (tertiary/aromatic N) is 2. The van der Waals surface area contributed by atoms with Crippen LogP contribution in [0.5, 0.6) is 0 Å². The van der Waals surface area contributed by atoms with Gasteiger partial charge in [-0.05, 0) is 25.5 Å². The highest BCUT2D eigenvalue weighted by atomic mass is 35.5. The molecule has 1 amide bonds. The van der Waals surface area contributed by atoms with Crippen molar-refractivity contribution >= 4 is 51.9 Å². The van der Waals surface area contributed by atoms with Crippen LogP contribution < -0.4 is 4.90 Å². The minimum atomic E-state index is -0.518. The van der Waals surface area contributed by atoms with Crippen molar-refractivity contribution in [1.82, 2.24) is 0 Å². The molecular weight excluding hydrogens is 319 g/mol. The molecule has 1 aromatic rings. The van der Waals surface area contributed by atoms with Crippen molar-refractivity contribution < 1.29 is 9.53 Å². The van der Waals surface area contributed by atoms with Gasteiger partial charge >= 0.3 is 6.09 Å². The lowest BCUT2D eigenvalue weighted by molar-refractivity contribution is 0.163. The Kier molecular flexibility index (Phi) is 5.57. The number of hydrogen-bond acceptors (Lipinski definition) is 4. The van der Waals surface area contributed by atoms with Crippen molar-refractivity contribution in [1.29, 1.82) is 0 Å². The second-order valence-corrected chi connectivity index (χ2v) is 5.85. The number of ether oxygens (including phenoxy) is 1. The highest BCUT2D eigenvalue weighted by molar-refractivity contribution is 8.14. The highest BCUT2D eigenvalue weighted by Crippen LogP contribution is 2.36. The molecule has 1 heterocycles. The summed E-state index contributed by atoms with van der Waals surface area (Å²) in [4.78, 5) is 18.0. The highest BCUT2D eigenvalue weighted by Gasteiger charge is 2.28. The molecule has 4 nitrogen and oxygen atoms in total. The Morgan fingerprint density at radius 3 is 2.70 bits per heavy atom. The first-order valence-electron chi connectivity index (χ1n) is 6.23. The largest absolute Gasteiger partial charge is 0.449 e. The molecule has 0 saturated carbocycles. The first kappa shape index (κ1) is 15.5. The average Bonchev–Trinajstić information content (AvgIpc) is 2.44. The zero-order chi connectivity index (χ0) is 14.5. The molecule has 2 rings (SSSR count). The summed E-state index contributed by atoms with van der Waals surface area (Å²) in [6, 6.07) is 5.10. The van der Waals surface area contributed by atoms with Gasteiger partial charge in [0.15, 0.2) is 5.17 Å². The molecule has 0 N–H and O–H groups in total. The summed E-state index contributed by atoms with van der Waals surface area (Å²) < 4.78 is 5.10. The summed E-state index contributed by atoms with van der Waals surface area (Å²) >= 11 is 13.9. The van der Waals surface area contributed by atoms with E-state index in [1.54, 1.807) is 25.1 Å². The predicted molar refractivity (Wildman–Crippen MR) is 85.3 cm³/mol. The van der Waals surface area contributed by atoms with Gasteiger partial charge < -0.3 is 4.74 Å². The van der Waals surface area contributed by atoms with Crippen LogP contribution >= 0.6 is 35.0 Å². The zero-order valence-corrected chi connectivity index (χ0v) is 13.3. The van der Waals surface area contributed by atoms with E-state index in [4.69, 9.17) is 27.9 Å². The molecule has 0 unspecified atom stereocenters. The minimum absolute atomic E-state index is 0.273. The summed E-state index contributed by atoms with van der Waals surface area (Å²) in [5.41, 5.74) is 0.419. The van der Waals surface area contributed by atoms with E-state index in [0.29, 0.717) is 27.4 Å². The van der Waals surface area contributed by atoms with E-state index in [9.17, 15) is 4.79 Å². The number of anilines is 1. The Labute approximate surface area is 132 Å². The van der Waals surface area contributed by atoms with Crippen LogP contribution in [0.3, 0.4) is 0 Å². The zero-order valence-electron chi connectivity index (χ0n) is 10.9. The average molecular weight is 333 g/mol. The van der Waals surface area contributed by atoms with Crippen molar-refractivity contribution in [3.05, 3.63) is 28.2 Å². The maximum Gasteiger partial charge on any atom is 0.420 e. The van der Waals surface area contributed by atoms with Crippen molar-refractivity contribution in [2.45, 2.75) is 13.3 Å². The first-order valence-corrected chi connectivity index (χ1v) is 7.97. The second kappa shape index (κ2) is 7.20. The fraction of sp³-hybridized carbons (Fsp3) is 0.385. The molecular formula is C13H14Cl2N2O2S. The fourth-order valence-electron chi connectivity index (χ4n) is 1.74. The summed E-state index contributed by atoms with van der Waals surface area (Å²) in [5.74, 6) is 0.900. The summed E-state index contributed by atoms with van der Waals surface area (Å²) in [7, 11) is 0. The Morgan fingerprint density at radius 2 is 2.15 bits per heavy atom. The monoisotopic (exact) mass is 332 g/mol. The Balaban J connectivity index is 2.45. The van der Waals surface area contributed by atoms with Crippen molar-refractivity contribution in [2.75, 3.05) is 23.8 Å². The molecule has 7 heteroatoms. The molecule has 0 bridgehead atoms. The third-order valence-corrected chi connectivity index (χ3v) is 4.26. The van der Waals surface area contributed by atoms with Crippen LogP contribution in [0.4, 0.5) is 10.5 Å². The van der Waals surface area contributed by atoms with Crippen LogP contribution in [0.25, 0.3) is 0 Å². The fourth-order valence-corrected chi connectivity index (χ4v) is 3.24. The predicted octanol–water partition coefficient (Wildman–Crippen LogP) is 4.45. The van der Waals surface area contributed by atoms with Crippen LogP contribution in [0.15, 0.2) is 23.2 Å². The number of hydrogen-bond donors (Lipinski definition) is 0. The van der Waals surface area contributed by atoms with E-state index in [-0.39, 0.29) is 6.61 Å². The number of carbonyl (C=O) groups excluding carboxylic acids is 1. The standard InChI is InChI=1S/C13H14Cl2N2O2S/c1-2-19-13(18)17(12-16-7-4-8-20-12)11-9(14)5-3-6-10(11)15/h3,5-6H,2,4,7-8H2,1H3. The molecule has 1 aliphatic rings. The van der Waals surface area contributed by atoms with Crippen molar-refractivity contribution in [2.24, 2.45) is 4.99 Å². The lowest BCUT2D eigenvalue weighted by Crippen LogP contribution is -2.37.